The quantitative estimate of drug-likeness (QED) is 0.740. The molecule has 0 aliphatic carbocycles. The molecule has 0 radical (unpaired) electrons. The van der Waals surface area contributed by atoms with Gasteiger partial charge >= 0.3 is 0 Å². The lowest BCUT2D eigenvalue weighted by Crippen LogP contribution is -2.25. The summed E-state index contributed by atoms with van der Waals surface area (Å²) in [6.07, 6.45) is 2.44. The first-order valence-electron chi connectivity index (χ1n) is 6.48. The Morgan fingerprint density at radius 3 is 2.59 bits per heavy atom. The molecular formula is C12H24N4O. The molecule has 1 aromatic heterocycles. The number of hydrogen-bond donors (Lipinski definition) is 1. The van der Waals surface area contributed by atoms with Crippen LogP contribution in [0.3, 0.4) is 0 Å². The van der Waals surface area contributed by atoms with E-state index in [4.69, 9.17) is 10.3 Å². The lowest BCUT2D eigenvalue weighted by Gasteiger charge is -2.16. The fourth-order valence-electron chi connectivity index (χ4n) is 1.64. The first-order valence-corrected chi connectivity index (χ1v) is 6.48. The first-order chi connectivity index (χ1) is 8.19. The molecule has 0 bridgehead atoms. The Morgan fingerprint density at radius 2 is 2.00 bits per heavy atom. The Bertz CT molecular complexity index is 309. The summed E-state index contributed by atoms with van der Waals surface area (Å²) in [5, 5.41) is 3.98. The van der Waals surface area contributed by atoms with E-state index >= 15 is 0 Å². The topological polar surface area (TPSA) is 68.2 Å². The zero-order chi connectivity index (χ0) is 12.7. The molecule has 17 heavy (non-hydrogen) atoms. The molecule has 2 N–H and O–H groups in total. The fraction of sp³-hybridized carbons (Fsp3) is 0.833. The highest BCUT2D eigenvalue weighted by Crippen LogP contribution is 2.03. The number of likely N-dealkylation sites (N-methyl/N-ethyl adjacent to an activating group) is 1. The third-order valence-corrected chi connectivity index (χ3v) is 3.02. The molecule has 0 fully saturated rings. The maximum absolute atomic E-state index is 5.84. The maximum atomic E-state index is 5.84. The molecule has 0 aromatic carbocycles. The third kappa shape index (κ3) is 4.83. The molecule has 5 heteroatoms. The van der Waals surface area contributed by atoms with Crippen molar-refractivity contribution in [3.63, 3.8) is 0 Å². The summed E-state index contributed by atoms with van der Waals surface area (Å²) in [5.41, 5.74) is 5.84. The normalized spacial score (nSPS) is 13.2. The highest BCUT2D eigenvalue weighted by atomic mass is 16.5. The second-order valence-corrected chi connectivity index (χ2v) is 4.25. The summed E-state index contributed by atoms with van der Waals surface area (Å²) in [6.45, 7) is 9.47. The molecular weight excluding hydrogens is 216 g/mol. The SMILES string of the molecule is CCC(N)Cc1nc(CCN(CC)CC)no1. The van der Waals surface area contributed by atoms with E-state index in [2.05, 4.69) is 35.8 Å². The molecule has 0 saturated heterocycles. The monoisotopic (exact) mass is 240 g/mol. The average Bonchev–Trinajstić information content (AvgIpc) is 2.78. The van der Waals surface area contributed by atoms with E-state index in [9.17, 15) is 0 Å². The largest absolute Gasteiger partial charge is 0.339 e. The zero-order valence-electron chi connectivity index (χ0n) is 11.1. The lowest BCUT2D eigenvalue weighted by molar-refractivity contribution is 0.302. The van der Waals surface area contributed by atoms with Crippen molar-refractivity contribution >= 4 is 0 Å². The van der Waals surface area contributed by atoms with Gasteiger partial charge in [-0.05, 0) is 19.5 Å². The van der Waals surface area contributed by atoms with E-state index in [1.54, 1.807) is 0 Å². The summed E-state index contributed by atoms with van der Waals surface area (Å²) < 4.78 is 5.18. The number of nitrogens with two attached hydrogens (primary N) is 1. The van der Waals surface area contributed by atoms with Crippen LogP contribution in [0.4, 0.5) is 0 Å². The second kappa shape index (κ2) is 7.40. The third-order valence-electron chi connectivity index (χ3n) is 3.02. The van der Waals surface area contributed by atoms with E-state index in [-0.39, 0.29) is 6.04 Å². The minimum absolute atomic E-state index is 0.117. The van der Waals surface area contributed by atoms with Crippen molar-refractivity contribution < 1.29 is 4.52 Å². The van der Waals surface area contributed by atoms with Crippen LogP contribution < -0.4 is 5.73 Å². The fourth-order valence-corrected chi connectivity index (χ4v) is 1.64. The Kier molecular flexibility index (Phi) is 6.15. The van der Waals surface area contributed by atoms with Gasteiger partial charge in [0.25, 0.3) is 0 Å². The van der Waals surface area contributed by atoms with Gasteiger partial charge in [0.15, 0.2) is 5.82 Å². The Balaban J connectivity index is 2.40. The summed E-state index contributed by atoms with van der Waals surface area (Å²) >= 11 is 0. The van der Waals surface area contributed by atoms with Crippen LogP contribution in [0.2, 0.25) is 0 Å². The van der Waals surface area contributed by atoms with Gasteiger partial charge in [-0.2, -0.15) is 4.98 Å². The van der Waals surface area contributed by atoms with Crippen LogP contribution >= 0.6 is 0 Å². The van der Waals surface area contributed by atoms with Crippen LogP contribution in [0.1, 0.15) is 38.9 Å². The van der Waals surface area contributed by atoms with Gasteiger partial charge < -0.3 is 15.2 Å². The van der Waals surface area contributed by atoms with E-state index in [1.807, 2.05) is 0 Å². The standard InChI is InChI=1S/C12H24N4O/c1-4-10(13)9-12-14-11(15-17-12)7-8-16(5-2)6-3/h10H,4-9,13H2,1-3H3. The van der Waals surface area contributed by atoms with Crippen LogP contribution in [-0.4, -0.2) is 40.7 Å². The molecule has 0 spiro atoms. The van der Waals surface area contributed by atoms with E-state index in [1.165, 1.54) is 0 Å². The minimum atomic E-state index is 0.117. The van der Waals surface area contributed by atoms with Crippen LogP contribution in [0.25, 0.3) is 0 Å². The summed E-state index contributed by atoms with van der Waals surface area (Å²) in [4.78, 5) is 6.70. The number of hydrogen-bond acceptors (Lipinski definition) is 5. The van der Waals surface area contributed by atoms with Gasteiger partial charge in [-0.1, -0.05) is 25.9 Å². The molecule has 98 valence electrons. The molecule has 1 aromatic rings. The van der Waals surface area contributed by atoms with Crippen molar-refractivity contribution in [1.29, 1.82) is 0 Å². The average molecular weight is 240 g/mol. The van der Waals surface area contributed by atoms with Crippen LogP contribution in [0, 0.1) is 0 Å². The van der Waals surface area contributed by atoms with Crippen molar-refractivity contribution in [3.05, 3.63) is 11.7 Å². The molecule has 5 nitrogen and oxygen atoms in total. The summed E-state index contributed by atoms with van der Waals surface area (Å²) in [7, 11) is 0. The van der Waals surface area contributed by atoms with Crippen molar-refractivity contribution in [3.8, 4) is 0 Å². The zero-order valence-corrected chi connectivity index (χ0v) is 11.1. The predicted molar refractivity (Wildman–Crippen MR) is 67.8 cm³/mol. The van der Waals surface area contributed by atoms with Crippen molar-refractivity contribution in [2.45, 2.75) is 46.1 Å². The van der Waals surface area contributed by atoms with Crippen LogP contribution in [0.15, 0.2) is 4.52 Å². The maximum Gasteiger partial charge on any atom is 0.228 e. The van der Waals surface area contributed by atoms with Gasteiger partial charge in [0, 0.05) is 25.4 Å². The smallest absolute Gasteiger partial charge is 0.228 e. The van der Waals surface area contributed by atoms with E-state index < -0.39 is 0 Å². The number of nitrogens with zero attached hydrogens (tertiary/aromatic N) is 3. The predicted octanol–water partition coefficient (Wildman–Crippen LogP) is 1.23. The Hall–Kier alpha value is -0.940. The van der Waals surface area contributed by atoms with Crippen molar-refractivity contribution in [2.24, 2.45) is 5.73 Å². The first kappa shape index (κ1) is 14.1. The van der Waals surface area contributed by atoms with Gasteiger partial charge in [-0.15, -0.1) is 0 Å². The molecule has 0 aliphatic heterocycles. The molecule has 1 heterocycles. The Labute approximate surface area is 103 Å². The summed E-state index contributed by atoms with van der Waals surface area (Å²) in [6, 6.07) is 0.117. The minimum Gasteiger partial charge on any atom is -0.339 e. The highest BCUT2D eigenvalue weighted by Gasteiger charge is 2.10. The molecule has 0 saturated carbocycles. The van der Waals surface area contributed by atoms with Crippen molar-refractivity contribution in [1.82, 2.24) is 15.0 Å². The van der Waals surface area contributed by atoms with Gasteiger partial charge in [-0.3, -0.25) is 0 Å². The highest BCUT2D eigenvalue weighted by molar-refractivity contribution is 4.89. The van der Waals surface area contributed by atoms with Crippen molar-refractivity contribution in [2.75, 3.05) is 19.6 Å². The molecule has 0 aliphatic rings. The molecule has 0 amide bonds. The van der Waals surface area contributed by atoms with Gasteiger partial charge in [0.1, 0.15) is 0 Å². The Morgan fingerprint density at radius 1 is 1.29 bits per heavy atom. The number of aromatic nitrogens is 2. The molecule has 1 rings (SSSR count). The molecule has 1 atom stereocenters. The number of rotatable bonds is 8. The van der Waals surface area contributed by atoms with Gasteiger partial charge in [-0.25, -0.2) is 0 Å². The van der Waals surface area contributed by atoms with E-state index in [0.717, 1.165) is 38.3 Å². The van der Waals surface area contributed by atoms with E-state index in [0.29, 0.717) is 12.3 Å². The van der Waals surface area contributed by atoms with Crippen LogP contribution in [0.5, 0.6) is 0 Å². The summed E-state index contributed by atoms with van der Waals surface area (Å²) in [5.74, 6) is 1.45. The van der Waals surface area contributed by atoms with Gasteiger partial charge in [0.2, 0.25) is 5.89 Å². The van der Waals surface area contributed by atoms with Gasteiger partial charge in [0.05, 0.1) is 0 Å². The second-order valence-electron chi connectivity index (χ2n) is 4.25. The van der Waals surface area contributed by atoms with Crippen LogP contribution in [-0.2, 0) is 12.8 Å². The molecule has 1 unspecified atom stereocenters. The lowest BCUT2D eigenvalue weighted by atomic mass is 10.2.